The number of benzene rings is 3. The van der Waals surface area contributed by atoms with Crippen LogP contribution in [0.15, 0.2) is 158 Å². The number of nitrogen functional groups attached to an aromatic ring is 2. The molecule has 2 bridgehead atoms. The van der Waals surface area contributed by atoms with Crippen LogP contribution < -0.4 is 33.0 Å². The van der Waals surface area contributed by atoms with Crippen LogP contribution in [0, 0.1) is 0 Å². The second-order valence-corrected chi connectivity index (χ2v) is 32.4. The van der Waals surface area contributed by atoms with Crippen molar-refractivity contribution in [3.8, 4) is 0 Å². The number of aliphatic hydroxyl groups is 4. The van der Waals surface area contributed by atoms with Crippen molar-refractivity contribution in [3.63, 3.8) is 0 Å². The number of halogens is 6. The van der Waals surface area contributed by atoms with E-state index in [1.54, 1.807) is 91.0 Å². The molecule has 3 aromatic carbocycles. The lowest BCUT2D eigenvalue weighted by atomic mass is 10.1. The third kappa shape index (κ3) is 18.0. The molecule has 670 valence electrons. The van der Waals surface area contributed by atoms with E-state index in [9.17, 15) is 71.7 Å². The quantitative estimate of drug-likeness (QED) is 0.0166. The number of alkyl halides is 6. The summed E-state index contributed by atoms with van der Waals surface area (Å²) in [7, 11) is -9.88. The molecule has 0 saturated carbocycles. The van der Waals surface area contributed by atoms with Gasteiger partial charge in [-0.15, -0.1) is 11.6 Å². The summed E-state index contributed by atoms with van der Waals surface area (Å²) in [5.41, 5.74) is 21.8. The summed E-state index contributed by atoms with van der Waals surface area (Å²) in [5.74, 6) is -0.940. The van der Waals surface area contributed by atoms with Gasteiger partial charge >= 0.3 is 15.4 Å². The van der Waals surface area contributed by atoms with Gasteiger partial charge in [0, 0.05) is 21.6 Å². The van der Waals surface area contributed by atoms with E-state index in [0.717, 1.165) is 17.2 Å². The van der Waals surface area contributed by atoms with Crippen molar-refractivity contribution >= 4 is 130 Å². The largest absolute Gasteiger partial charge is 0.472 e. The average Bonchev–Trinajstić information content (AvgIpc) is 1.61. The summed E-state index contributed by atoms with van der Waals surface area (Å²) in [6.07, 6.45) is -20.4. The number of azide groups is 1. The molecule has 3 amide bonds. The van der Waals surface area contributed by atoms with Gasteiger partial charge in [-0.1, -0.05) is 59.7 Å². The molecule has 10 aromatic heterocycles. The minimum atomic E-state index is -5.14. The summed E-state index contributed by atoms with van der Waals surface area (Å²) in [5, 5.41) is 50.2. The fraction of sp³-hybridized carbons (Fsp3) is 0.361. The Balaban J connectivity index is 0.000000129. The molecule has 0 aliphatic carbocycles. The highest BCUT2D eigenvalue weighted by Crippen LogP contribution is 2.55. The monoisotopic (exact) mass is 1840 g/mol. The summed E-state index contributed by atoms with van der Waals surface area (Å²) in [6, 6.07) is 25.8. The summed E-state index contributed by atoms with van der Waals surface area (Å²) < 4.78 is 151. The molecule has 6 aliphatic heterocycles. The molecule has 22 atom stereocenters. The van der Waals surface area contributed by atoms with Crippen LogP contribution in [0.25, 0.3) is 66.3 Å². The van der Waals surface area contributed by atoms with Crippen molar-refractivity contribution in [3.05, 3.63) is 185 Å². The summed E-state index contributed by atoms with van der Waals surface area (Å²) >= 11 is 5.70. The van der Waals surface area contributed by atoms with Crippen molar-refractivity contribution in [2.75, 3.05) is 59.2 Å². The summed E-state index contributed by atoms with van der Waals surface area (Å²) in [4.78, 5) is 132. The van der Waals surface area contributed by atoms with Gasteiger partial charge in [-0.3, -0.25) is 65.1 Å². The van der Waals surface area contributed by atoms with Gasteiger partial charge in [0.15, 0.2) is 136 Å². The topological polar surface area (TPSA) is 655 Å². The van der Waals surface area contributed by atoms with E-state index in [2.05, 4.69) is 101 Å². The molecule has 0 spiro atoms. The van der Waals surface area contributed by atoms with Crippen LogP contribution in [-0.2, 0) is 46.4 Å². The molecule has 6 aliphatic rings. The number of nitrogens with two attached hydrogens (primary N) is 2. The van der Waals surface area contributed by atoms with E-state index in [0.29, 0.717) is 16.7 Å². The minimum Gasteiger partial charge on any atom is -0.394 e. The summed E-state index contributed by atoms with van der Waals surface area (Å²) in [6.45, 7) is -1.67. The normalized spacial score (nSPS) is 29.2. The van der Waals surface area contributed by atoms with Crippen LogP contribution in [0.4, 0.5) is 51.2 Å². The van der Waals surface area contributed by atoms with Crippen molar-refractivity contribution in [2.24, 2.45) is 5.11 Å². The predicted octanol–water partition coefficient (Wildman–Crippen LogP) is 4.64. The number of aromatic amines is 1. The number of anilines is 5. The lowest BCUT2D eigenvalue weighted by Crippen LogP contribution is -2.32. The second kappa shape index (κ2) is 37.4. The molecule has 19 rings (SSSR count). The third-order valence-corrected chi connectivity index (χ3v) is 23.5. The van der Waals surface area contributed by atoms with Gasteiger partial charge in [0.1, 0.15) is 79.7 Å². The molecular formula is C72H70ClF5N28O20P2. The molecule has 128 heavy (non-hydrogen) atoms. The highest BCUT2D eigenvalue weighted by molar-refractivity contribution is 7.52. The minimum absolute atomic E-state index is 0.00801. The maximum Gasteiger partial charge on any atom is 0.472 e. The first-order chi connectivity index (χ1) is 61.6. The first-order valence-electron chi connectivity index (χ1n) is 38.2. The Morgan fingerprint density at radius 2 is 0.922 bits per heavy atom. The van der Waals surface area contributed by atoms with E-state index >= 15 is 8.78 Å². The number of nitrogens with one attached hydrogen (secondary N) is 4. The third-order valence-electron chi connectivity index (χ3n) is 20.8. The van der Waals surface area contributed by atoms with Crippen LogP contribution in [-0.4, -0.2) is 269 Å². The lowest BCUT2D eigenvalue weighted by molar-refractivity contribution is -0.0526. The number of hydrogen-bond acceptors (Lipinski definition) is 35. The Bertz CT molecular complexity index is 6310. The van der Waals surface area contributed by atoms with Gasteiger partial charge in [0.05, 0.1) is 75.6 Å². The van der Waals surface area contributed by atoms with Crippen molar-refractivity contribution in [2.45, 2.75) is 129 Å². The van der Waals surface area contributed by atoms with Crippen LogP contribution in [0.2, 0.25) is 0 Å². The van der Waals surface area contributed by atoms with Gasteiger partial charge in [0.25, 0.3) is 23.3 Å². The molecule has 56 heteroatoms. The smallest absolute Gasteiger partial charge is 0.394 e. The lowest BCUT2D eigenvalue weighted by Gasteiger charge is -2.25. The molecule has 14 N–H and O–H groups in total. The first kappa shape index (κ1) is 88.8. The van der Waals surface area contributed by atoms with Crippen molar-refractivity contribution in [1.29, 1.82) is 0 Å². The molecule has 6 saturated heterocycles. The number of phosphoric ester groups is 1. The number of aromatic nitrogens is 20. The number of carbonyl (C=O) groups is 3. The van der Waals surface area contributed by atoms with Gasteiger partial charge in [-0.25, -0.2) is 91.3 Å². The zero-order chi connectivity index (χ0) is 90.1. The predicted molar refractivity (Wildman–Crippen MR) is 430 cm³/mol. The van der Waals surface area contributed by atoms with Crippen LogP contribution in [0.1, 0.15) is 68.6 Å². The van der Waals surface area contributed by atoms with Crippen molar-refractivity contribution in [1.82, 2.24) is 97.6 Å². The number of phosphoric acid groups is 1. The number of imidazole rings is 5. The molecule has 13 aromatic rings. The maximum atomic E-state index is 15.9. The number of fused-ring (bicyclic) bond motifs is 8. The number of amides is 3. The molecule has 48 nitrogen and oxygen atoms in total. The number of nitrogens with zero attached hydrogens (tertiary/aromatic N) is 22. The van der Waals surface area contributed by atoms with Gasteiger partial charge in [-0.05, 0) is 48.4 Å². The standard InChI is InChI=1S/C21H24F2N10O10P2.C17H15ClFN5O3.C17H15FN8O3.C17H16FN5O4/c22-9-8-3-39-45(37,38)43-13-7(40-19(10(13)23)32-5-28-11-15(24)26-4-27-16(11)32)1-2-44(35,36)42-14(9)20(41-8)33-6-29-12-17(33)30-21(25)31-18(12)34;18-6-10-13(25)11(19)17(27-10)24-8-22-12-14(20-7-21-15(12)24)23-16(26)9-4-2-1-3-5-9;18-11-13(27)10(6-23-25-19)29-17(11)26-8-22-12-14(20-7-21-15(12)26)24-16(28)9-4-2-1-3-5-9;18-11-13(25)10(6-24)27-17(11)23-8-21-12-14(19-7-20-15(12)23)22-16(26)9-4-2-1-3-5-9/h4-10,13-14,19-20H,1-3H2,(H,35,36)(H,37,38)(H2,24,26,27)(H3,25,30,31,34);1-5,7-8,10-11,13,17,25H,6H2,(H,20,21,23,26);1-5,7-8,10-11,13,17,27H,6H2,(H,20,21,24,28);1-5,7-8,10-11,13,17,24-25H,6H2,(H,19,20,22,26). The zero-order valence-corrected chi connectivity index (χ0v) is 67.7. The van der Waals surface area contributed by atoms with Gasteiger partial charge in [0.2, 0.25) is 5.95 Å². The molecule has 16 heterocycles. The zero-order valence-electron chi connectivity index (χ0n) is 65.2. The number of ether oxygens (including phenoxy) is 5. The Morgan fingerprint density at radius 1 is 0.516 bits per heavy atom. The fourth-order valence-corrected chi connectivity index (χ4v) is 17.0. The molecule has 22 unspecified atom stereocenters. The molecule has 6 fully saturated rings. The van der Waals surface area contributed by atoms with E-state index in [-0.39, 0.29) is 115 Å². The number of hydrogen-bond donors (Lipinski definition) is 12. The number of H-pyrrole nitrogens is 1. The highest BCUT2D eigenvalue weighted by atomic mass is 35.5. The number of carbonyl (C=O) groups excluding carboxylic acids is 3. The number of rotatable bonds is 15. The average molecular weight is 1840 g/mol. The maximum absolute atomic E-state index is 15.9. The van der Waals surface area contributed by atoms with E-state index < -0.39 is 170 Å². The highest BCUT2D eigenvalue weighted by Gasteiger charge is 2.56. The Kier molecular flexibility index (Phi) is 25.9. The van der Waals surface area contributed by atoms with Crippen LogP contribution in [0.3, 0.4) is 0 Å². The van der Waals surface area contributed by atoms with E-state index in [1.807, 2.05) is 0 Å². The Morgan fingerprint density at radius 3 is 1.38 bits per heavy atom. The van der Waals surface area contributed by atoms with Crippen LogP contribution in [0.5, 0.6) is 0 Å². The second-order valence-electron chi connectivity index (χ2n) is 28.8. The number of aliphatic hydroxyl groups excluding tert-OH is 4. The Hall–Kier alpha value is -12.6. The first-order valence-corrected chi connectivity index (χ1v) is 42.0. The SMILES string of the molecule is Nc1nc2c(ncn2C2OC3COP(=O)(O)OC4C(CCP(=O)(O)OC2C3F)OC(n2cnc3c(N)ncnc32)C4F)c(=O)[nH]1.O=C(Nc1ncnc2c1ncn2C1OC(CCl)C(O)C1F)c1ccccc1.O=C(Nc1ncnc2c1ncn2C1OC(CO)C(O)C1F)c1ccccc1.[N-]=[N+]=NCC1OC(n2cnc3c(NC(=O)c4ccccc4)ncnc32)C(F)C1O. The van der Waals surface area contributed by atoms with Crippen molar-refractivity contribution < 1.29 is 113 Å². The van der Waals surface area contributed by atoms with E-state index in [1.165, 1.54) is 62.6 Å². The van der Waals surface area contributed by atoms with Gasteiger partial charge in [-0.2, -0.15) is 4.98 Å². The molecule has 0 radical (unpaired) electrons. The fourth-order valence-electron chi connectivity index (χ4n) is 14.5. The molecular weight excluding hydrogens is 1770 g/mol. The van der Waals surface area contributed by atoms with Crippen LogP contribution >= 0.6 is 27.0 Å². The Labute approximate surface area is 716 Å². The van der Waals surface area contributed by atoms with E-state index in [4.69, 9.17) is 65.9 Å². The van der Waals surface area contributed by atoms with Gasteiger partial charge < -0.3 is 81.3 Å².